The number of nitrogens with one attached hydrogen (secondary N) is 1. The first kappa shape index (κ1) is 12.4. The molecule has 1 saturated carbocycles. The Hall–Kier alpha value is -1.09. The Kier molecular flexibility index (Phi) is 3.67. The van der Waals surface area contributed by atoms with Crippen LogP contribution in [0, 0.1) is 11.2 Å². The van der Waals surface area contributed by atoms with E-state index in [1.807, 2.05) is 31.1 Å². The minimum Gasteiger partial charge on any atom is -0.372 e. The molecule has 1 N–H and O–H groups in total. The number of hydrogen-bond donors (Lipinski definition) is 1. The fourth-order valence-electron chi connectivity index (χ4n) is 2.79. The Morgan fingerprint density at radius 3 is 2.59 bits per heavy atom. The van der Waals surface area contributed by atoms with Gasteiger partial charge in [0, 0.05) is 25.6 Å². The van der Waals surface area contributed by atoms with Gasteiger partial charge < -0.3 is 10.2 Å². The second-order valence-corrected chi connectivity index (χ2v) is 5.19. The number of hydrogen-bond acceptors (Lipinski definition) is 2. The molecule has 17 heavy (non-hydrogen) atoms. The van der Waals surface area contributed by atoms with Gasteiger partial charge in [0.25, 0.3) is 0 Å². The number of nitrogens with zero attached hydrogens (tertiary/aromatic N) is 1. The molecule has 0 spiro atoms. The van der Waals surface area contributed by atoms with Crippen molar-refractivity contribution in [1.29, 1.82) is 0 Å². The summed E-state index contributed by atoms with van der Waals surface area (Å²) >= 11 is 0. The standard InChI is InChI=1S/C14H21FN2/c1-16-10-14(8-5-9-14)11-17(2)13-7-4-3-6-12(13)15/h3-4,6-7,16H,5,8-11H2,1-2H3. The zero-order chi connectivity index (χ0) is 12.3. The van der Waals surface area contributed by atoms with Crippen LogP contribution >= 0.6 is 0 Å². The van der Waals surface area contributed by atoms with E-state index >= 15 is 0 Å². The Morgan fingerprint density at radius 2 is 2.06 bits per heavy atom. The third-order valence-electron chi connectivity index (χ3n) is 3.80. The topological polar surface area (TPSA) is 15.3 Å². The lowest BCUT2D eigenvalue weighted by molar-refractivity contribution is 0.142. The van der Waals surface area contributed by atoms with Gasteiger partial charge in [-0.1, -0.05) is 18.6 Å². The van der Waals surface area contributed by atoms with Crippen LogP contribution in [0.25, 0.3) is 0 Å². The lowest BCUT2D eigenvalue weighted by atomic mass is 9.68. The van der Waals surface area contributed by atoms with Crippen molar-refractivity contribution >= 4 is 5.69 Å². The maximum absolute atomic E-state index is 13.7. The van der Waals surface area contributed by atoms with Crippen molar-refractivity contribution in [3.05, 3.63) is 30.1 Å². The summed E-state index contributed by atoms with van der Waals surface area (Å²) in [6, 6.07) is 7.00. The highest BCUT2D eigenvalue weighted by molar-refractivity contribution is 5.47. The van der Waals surface area contributed by atoms with Crippen molar-refractivity contribution in [2.24, 2.45) is 5.41 Å². The van der Waals surface area contributed by atoms with Gasteiger partial charge in [0.2, 0.25) is 0 Å². The van der Waals surface area contributed by atoms with E-state index in [0.29, 0.717) is 11.1 Å². The largest absolute Gasteiger partial charge is 0.372 e. The molecular formula is C14H21FN2. The fourth-order valence-corrected chi connectivity index (χ4v) is 2.79. The highest BCUT2D eigenvalue weighted by Gasteiger charge is 2.37. The molecule has 2 nitrogen and oxygen atoms in total. The summed E-state index contributed by atoms with van der Waals surface area (Å²) in [6.07, 6.45) is 3.78. The first-order valence-electron chi connectivity index (χ1n) is 6.27. The summed E-state index contributed by atoms with van der Waals surface area (Å²) < 4.78 is 13.7. The van der Waals surface area contributed by atoms with Gasteiger partial charge in [0.1, 0.15) is 5.82 Å². The monoisotopic (exact) mass is 236 g/mol. The van der Waals surface area contributed by atoms with Crippen LogP contribution in [0.1, 0.15) is 19.3 Å². The van der Waals surface area contributed by atoms with Crippen molar-refractivity contribution in [1.82, 2.24) is 5.32 Å². The first-order chi connectivity index (χ1) is 8.17. The molecular weight excluding hydrogens is 215 g/mol. The molecule has 1 aromatic rings. The second kappa shape index (κ2) is 5.05. The molecule has 1 aliphatic carbocycles. The summed E-state index contributed by atoms with van der Waals surface area (Å²) in [7, 11) is 3.97. The van der Waals surface area contributed by atoms with Crippen molar-refractivity contribution in [2.75, 3.05) is 32.1 Å². The molecule has 0 heterocycles. The van der Waals surface area contributed by atoms with Gasteiger partial charge in [-0.25, -0.2) is 4.39 Å². The Bertz CT molecular complexity index is 374. The van der Waals surface area contributed by atoms with Crippen molar-refractivity contribution in [3.63, 3.8) is 0 Å². The smallest absolute Gasteiger partial charge is 0.146 e. The molecule has 0 aromatic heterocycles. The molecule has 0 amide bonds. The van der Waals surface area contributed by atoms with Crippen LogP contribution < -0.4 is 10.2 Å². The SMILES string of the molecule is CNCC1(CN(C)c2ccccc2F)CCC1. The lowest BCUT2D eigenvalue weighted by Crippen LogP contribution is -2.47. The zero-order valence-electron chi connectivity index (χ0n) is 10.7. The van der Waals surface area contributed by atoms with E-state index in [1.165, 1.54) is 25.3 Å². The predicted molar refractivity (Wildman–Crippen MR) is 69.9 cm³/mol. The van der Waals surface area contributed by atoms with Gasteiger partial charge in [0.05, 0.1) is 5.69 Å². The number of halogens is 1. The van der Waals surface area contributed by atoms with E-state index in [9.17, 15) is 4.39 Å². The van der Waals surface area contributed by atoms with E-state index in [4.69, 9.17) is 0 Å². The van der Waals surface area contributed by atoms with Crippen molar-refractivity contribution in [3.8, 4) is 0 Å². The third kappa shape index (κ3) is 2.60. The van der Waals surface area contributed by atoms with Gasteiger partial charge in [-0.3, -0.25) is 0 Å². The van der Waals surface area contributed by atoms with Crippen LogP contribution in [-0.2, 0) is 0 Å². The van der Waals surface area contributed by atoms with Gasteiger partial charge in [0.15, 0.2) is 0 Å². The summed E-state index contributed by atoms with van der Waals surface area (Å²) in [4.78, 5) is 2.05. The van der Waals surface area contributed by atoms with Gasteiger partial charge in [-0.05, 0) is 32.0 Å². The van der Waals surface area contributed by atoms with Gasteiger partial charge >= 0.3 is 0 Å². The van der Waals surface area contributed by atoms with Crippen LogP contribution in [0.3, 0.4) is 0 Å². The van der Waals surface area contributed by atoms with Crippen molar-refractivity contribution in [2.45, 2.75) is 19.3 Å². The van der Waals surface area contributed by atoms with Crippen LogP contribution in [0.2, 0.25) is 0 Å². The third-order valence-corrected chi connectivity index (χ3v) is 3.80. The number of rotatable bonds is 5. The molecule has 0 aliphatic heterocycles. The van der Waals surface area contributed by atoms with Gasteiger partial charge in [-0.2, -0.15) is 0 Å². The minimum absolute atomic E-state index is 0.131. The van der Waals surface area contributed by atoms with E-state index in [1.54, 1.807) is 6.07 Å². The average molecular weight is 236 g/mol. The highest BCUT2D eigenvalue weighted by atomic mass is 19.1. The first-order valence-corrected chi connectivity index (χ1v) is 6.27. The van der Waals surface area contributed by atoms with Crippen LogP contribution in [0.15, 0.2) is 24.3 Å². The normalized spacial score (nSPS) is 17.6. The highest BCUT2D eigenvalue weighted by Crippen LogP contribution is 2.41. The summed E-state index contributed by atoms with van der Waals surface area (Å²) in [6.45, 7) is 1.95. The molecule has 94 valence electrons. The Balaban J connectivity index is 2.06. The van der Waals surface area contributed by atoms with Crippen LogP contribution in [0.4, 0.5) is 10.1 Å². The second-order valence-electron chi connectivity index (χ2n) is 5.19. The zero-order valence-corrected chi connectivity index (χ0v) is 10.7. The molecule has 1 fully saturated rings. The Morgan fingerprint density at radius 1 is 1.35 bits per heavy atom. The molecule has 0 saturated heterocycles. The molecule has 0 unspecified atom stereocenters. The summed E-state index contributed by atoms with van der Waals surface area (Å²) in [5.41, 5.74) is 1.04. The minimum atomic E-state index is -0.131. The maximum Gasteiger partial charge on any atom is 0.146 e. The number of anilines is 1. The number of benzene rings is 1. The summed E-state index contributed by atoms with van der Waals surface area (Å²) in [5, 5.41) is 3.26. The van der Waals surface area contributed by atoms with Crippen LogP contribution in [0.5, 0.6) is 0 Å². The van der Waals surface area contributed by atoms with E-state index in [-0.39, 0.29) is 5.82 Å². The van der Waals surface area contributed by atoms with E-state index < -0.39 is 0 Å². The van der Waals surface area contributed by atoms with E-state index in [2.05, 4.69) is 5.32 Å². The number of para-hydroxylation sites is 1. The molecule has 0 bridgehead atoms. The predicted octanol–water partition coefficient (Wildman–Crippen LogP) is 2.65. The fraction of sp³-hybridized carbons (Fsp3) is 0.571. The quantitative estimate of drug-likeness (QED) is 0.845. The van der Waals surface area contributed by atoms with E-state index in [0.717, 1.165) is 13.1 Å². The summed E-state index contributed by atoms with van der Waals surface area (Å²) in [5.74, 6) is -0.131. The van der Waals surface area contributed by atoms with Gasteiger partial charge in [-0.15, -0.1) is 0 Å². The van der Waals surface area contributed by atoms with Crippen LogP contribution in [-0.4, -0.2) is 27.2 Å². The average Bonchev–Trinajstić information content (AvgIpc) is 2.26. The molecule has 0 atom stereocenters. The molecule has 1 aliphatic rings. The molecule has 2 rings (SSSR count). The maximum atomic E-state index is 13.7. The lowest BCUT2D eigenvalue weighted by Gasteiger charge is -2.45. The molecule has 3 heteroatoms. The Labute approximate surface area is 103 Å². The molecule has 0 radical (unpaired) electrons. The van der Waals surface area contributed by atoms with Crippen molar-refractivity contribution < 1.29 is 4.39 Å². The molecule has 1 aromatic carbocycles.